The van der Waals surface area contributed by atoms with E-state index >= 15 is 0 Å². The summed E-state index contributed by atoms with van der Waals surface area (Å²) < 4.78 is 0. The Morgan fingerprint density at radius 1 is 1.08 bits per heavy atom. The van der Waals surface area contributed by atoms with Gasteiger partial charge in [-0.3, -0.25) is 0 Å². The van der Waals surface area contributed by atoms with Gasteiger partial charge in [0.25, 0.3) is 0 Å². The molecule has 0 aliphatic carbocycles. The first-order valence-electron chi connectivity index (χ1n) is 8.56. The summed E-state index contributed by atoms with van der Waals surface area (Å²) in [6, 6.07) is 12.8. The molecule has 2 N–H and O–H groups in total. The Balaban J connectivity index is 1.90. The number of H-pyrrole nitrogens is 1. The van der Waals surface area contributed by atoms with Crippen molar-refractivity contribution in [3.8, 4) is 0 Å². The third-order valence-corrected chi connectivity index (χ3v) is 4.38. The van der Waals surface area contributed by atoms with E-state index in [1.54, 1.807) is 0 Å². The molecule has 2 heteroatoms. The minimum absolute atomic E-state index is 0.473. The smallest absolute Gasteiger partial charge is 0.0889 e. The van der Waals surface area contributed by atoms with Crippen LogP contribution in [0.2, 0.25) is 0 Å². The predicted molar refractivity (Wildman–Crippen MR) is 104 cm³/mol. The number of aliphatic hydroxyl groups excluding tert-OH is 1. The molecule has 2 aromatic carbocycles. The van der Waals surface area contributed by atoms with Crippen molar-refractivity contribution in [1.29, 1.82) is 0 Å². The largest absolute Gasteiger partial charge is 0.513 e. The molecule has 0 atom stereocenters. The zero-order valence-electron chi connectivity index (χ0n) is 14.7. The zero-order chi connectivity index (χ0) is 17.1. The molecule has 24 heavy (non-hydrogen) atoms. The van der Waals surface area contributed by atoms with Gasteiger partial charge < -0.3 is 10.1 Å². The SMILES string of the molecule is CC(C)=CCCC(O)=CCc1cccc2[nH]c3ccc(C)cc3c12. The van der Waals surface area contributed by atoms with E-state index < -0.39 is 0 Å². The van der Waals surface area contributed by atoms with Crippen LogP contribution in [0.25, 0.3) is 21.8 Å². The van der Waals surface area contributed by atoms with Gasteiger partial charge in [-0.05, 0) is 63.5 Å². The highest BCUT2D eigenvalue weighted by molar-refractivity contribution is 6.09. The van der Waals surface area contributed by atoms with E-state index in [1.165, 1.54) is 33.0 Å². The Labute approximate surface area is 143 Å². The average Bonchev–Trinajstić information content (AvgIpc) is 2.91. The number of aromatic nitrogens is 1. The summed E-state index contributed by atoms with van der Waals surface area (Å²) in [6.45, 7) is 6.29. The van der Waals surface area contributed by atoms with Gasteiger partial charge in [-0.1, -0.05) is 35.4 Å². The minimum atomic E-state index is 0.473. The Hall–Kier alpha value is -2.48. The fourth-order valence-electron chi connectivity index (χ4n) is 3.15. The fourth-order valence-corrected chi connectivity index (χ4v) is 3.15. The third-order valence-electron chi connectivity index (χ3n) is 4.38. The molecule has 0 saturated carbocycles. The highest BCUT2D eigenvalue weighted by Crippen LogP contribution is 2.29. The standard InChI is InChI=1S/C22H25NO/c1-15(2)6-4-8-18(24)12-11-17-7-5-9-21-22(17)19-14-16(3)10-13-20(19)23-21/h5-7,9-10,12-14,23-24H,4,8,11H2,1-3H3. The maximum absolute atomic E-state index is 10.1. The normalized spacial score (nSPS) is 12.0. The summed E-state index contributed by atoms with van der Waals surface area (Å²) in [5.74, 6) is 0.473. The van der Waals surface area contributed by atoms with Crippen molar-refractivity contribution in [1.82, 2.24) is 4.98 Å². The van der Waals surface area contributed by atoms with Gasteiger partial charge in [-0.25, -0.2) is 0 Å². The first kappa shape index (κ1) is 16.4. The van der Waals surface area contributed by atoms with E-state index in [4.69, 9.17) is 0 Å². The number of aliphatic hydroxyl groups is 1. The molecule has 3 aromatic rings. The molecular formula is C22H25NO. The number of nitrogens with one attached hydrogen (secondary N) is 1. The number of allylic oxidation sites excluding steroid dienone is 4. The van der Waals surface area contributed by atoms with Crippen LogP contribution in [0.5, 0.6) is 0 Å². The lowest BCUT2D eigenvalue weighted by atomic mass is 10.0. The van der Waals surface area contributed by atoms with Crippen LogP contribution < -0.4 is 0 Å². The van der Waals surface area contributed by atoms with E-state index in [0.29, 0.717) is 12.2 Å². The van der Waals surface area contributed by atoms with Crippen LogP contribution in [0.15, 0.2) is 59.9 Å². The van der Waals surface area contributed by atoms with E-state index in [0.717, 1.165) is 18.4 Å². The number of hydrogen-bond donors (Lipinski definition) is 2. The second kappa shape index (κ2) is 6.96. The van der Waals surface area contributed by atoms with Crippen molar-refractivity contribution in [3.05, 3.63) is 71.0 Å². The molecule has 1 aromatic heterocycles. The average molecular weight is 319 g/mol. The molecule has 0 radical (unpaired) electrons. The summed E-state index contributed by atoms with van der Waals surface area (Å²) in [5.41, 5.74) is 6.13. The van der Waals surface area contributed by atoms with Crippen molar-refractivity contribution in [2.75, 3.05) is 0 Å². The lowest BCUT2D eigenvalue weighted by Crippen LogP contribution is -1.87. The molecule has 0 aliphatic heterocycles. The number of aryl methyl sites for hydroxylation is 1. The van der Waals surface area contributed by atoms with Crippen molar-refractivity contribution >= 4 is 21.8 Å². The molecule has 1 heterocycles. The Morgan fingerprint density at radius 3 is 2.71 bits per heavy atom. The van der Waals surface area contributed by atoms with Crippen LogP contribution >= 0.6 is 0 Å². The van der Waals surface area contributed by atoms with Crippen LogP contribution in [-0.4, -0.2) is 10.1 Å². The molecule has 0 saturated heterocycles. The number of hydrogen-bond acceptors (Lipinski definition) is 1. The highest BCUT2D eigenvalue weighted by atomic mass is 16.3. The monoisotopic (exact) mass is 319 g/mol. The number of benzene rings is 2. The number of rotatable bonds is 5. The second-order valence-electron chi connectivity index (χ2n) is 6.73. The molecule has 0 unspecified atom stereocenters. The van der Waals surface area contributed by atoms with Gasteiger partial charge in [-0.15, -0.1) is 0 Å². The van der Waals surface area contributed by atoms with Gasteiger partial charge in [0, 0.05) is 28.2 Å². The molecular weight excluding hydrogens is 294 g/mol. The maximum Gasteiger partial charge on any atom is 0.0889 e. The summed E-state index contributed by atoms with van der Waals surface area (Å²) in [6.07, 6.45) is 6.45. The summed E-state index contributed by atoms with van der Waals surface area (Å²) in [7, 11) is 0. The van der Waals surface area contributed by atoms with Gasteiger partial charge in [0.2, 0.25) is 0 Å². The van der Waals surface area contributed by atoms with Gasteiger partial charge in [0.15, 0.2) is 0 Å². The molecule has 0 aliphatic rings. The lowest BCUT2D eigenvalue weighted by molar-refractivity contribution is 0.387. The third kappa shape index (κ3) is 3.53. The van der Waals surface area contributed by atoms with E-state index in [1.807, 2.05) is 6.08 Å². The van der Waals surface area contributed by atoms with Gasteiger partial charge in [-0.2, -0.15) is 0 Å². The zero-order valence-corrected chi connectivity index (χ0v) is 14.7. The van der Waals surface area contributed by atoms with Crippen LogP contribution in [0, 0.1) is 6.92 Å². The lowest BCUT2D eigenvalue weighted by Gasteiger charge is -2.03. The molecule has 0 bridgehead atoms. The number of fused-ring (bicyclic) bond motifs is 3. The maximum atomic E-state index is 10.1. The van der Waals surface area contributed by atoms with Gasteiger partial charge in [0.05, 0.1) is 5.76 Å². The topological polar surface area (TPSA) is 36.0 Å². The Morgan fingerprint density at radius 2 is 1.92 bits per heavy atom. The molecule has 0 amide bonds. The van der Waals surface area contributed by atoms with Crippen molar-refractivity contribution in [2.45, 2.75) is 40.0 Å². The molecule has 2 nitrogen and oxygen atoms in total. The first-order chi connectivity index (χ1) is 11.5. The first-order valence-corrected chi connectivity index (χ1v) is 8.56. The molecule has 0 fully saturated rings. The van der Waals surface area contributed by atoms with E-state index in [9.17, 15) is 5.11 Å². The van der Waals surface area contributed by atoms with Crippen molar-refractivity contribution in [3.63, 3.8) is 0 Å². The van der Waals surface area contributed by atoms with Crippen LogP contribution in [-0.2, 0) is 6.42 Å². The quantitative estimate of drug-likeness (QED) is 0.416. The minimum Gasteiger partial charge on any atom is -0.513 e. The van der Waals surface area contributed by atoms with Gasteiger partial charge in [0.1, 0.15) is 0 Å². The molecule has 124 valence electrons. The summed E-state index contributed by atoms with van der Waals surface area (Å²) >= 11 is 0. The van der Waals surface area contributed by atoms with Crippen LogP contribution in [0.4, 0.5) is 0 Å². The fraction of sp³-hybridized carbons (Fsp3) is 0.273. The summed E-state index contributed by atoms with van der Waals surface area (Å²) in [5, 5.41) is 12.7. The molecule has 3 rings (SSSR count). The Kier molecular flexibility index (Phi) is 4.75. The van der Waals surface area contributed by atoms with Crippen LogP contribution in [0.1, 0.15) is 37.8 Å². The molecule has 0 spiro atoms. The van der Waals surface area contributed by atoms with Crippen molar-refractivity contribution < 1.29 is 5.11 Å². The predicted octanol–water partition coefficient (Wildman–Crippen LogP) is 6.36. The van der Waals surface area contributed by atoms with E-state index in [2.05, 4.69) is 68.2 Å². The van der Waals surface area contributed by atoms with Gasteiger partial charge >= 0.3 is 0 Å². The van der Waals surface area contributed by atoms with Crippen molar-refractivity contribution in [2.24, 2.45) is 0 Å². The van der Waals surface area contributed by atoms with E-state index in [-0.39, 0.29) is 0 Å². The Bertz CT molecular complexity index is 924. The second-order valence-corrected chi connectivity index (χ2v) is 6.73. The summed E-state index contributed by atoms with van der Waals surface area (Å²) in [4.78, 5) is 3.49. The number of aromatic amines is 1. The highest BCUT2D eigenvalue weighted by Gasteiger charge is 2.08. The van der Waals surface area contributed by atoms with Crippen LogP contribution in [0.3, 0.4) is 0 Å².